The molecular formula is C42H30N5OPt-3. The Labute approximate surface area is 299 Å². The minimum Gasteiger partial charge on any atom is -0.509 e. The van der Waals surface area contributed by atoms with Crippen molar-refractivity contribution in [2.75, 3.05) is 4.90 Å². The molecule has 5 aromatic carbocycles. The number of hydrogen-bond donors (Lipinski definition) is 0. The van der Waals surface area contributed by atoms with Crippen LogP contribution in [0, 0.1) is 18.8 Å². The van der Waals surface area contributed by atoms with Crippen molar-refractivity contribution in [3.8, 4) is 28.7 Å². The minimum absolute atomic E-state index is 0. The number of ether oxygens (including phenoxy) is 1. The number of imidazole rings is 1. The summed E-state index contributed by atoms with van der Waals surface area (Å²) in [6, 6.07) is 48.7. The molecule has 242 valence electrons. The fraction of sp³-hybridized carbons (Fsp3) is 0.0714. The Morgan fingerprint density at radius 3 is 2.39 bits per heavy atom. The Morgan fingerprint density at radius 1 is 0.694 bits per heavy atom. The maximum Gasteiger partial charge on any atom is 0.135 e. The largest absolute Gasteiger partial charge is 0.509 e. The molecule has 4 heterocycles. The number of hydrogen-bond acceptors (Lipinski definition) is 4. The number of nitrogens with zero attached hydrogens (tertiary/aromatic N) is 5. The van der Waals surface area contributed by atoms with Crippen molar-refractivity contribution in [2.45, 2.75) is 19.3 Å². The third-order valence-corrected chi connectivity index (χ3v) is 9.29. The molecule has 8 aromatic rings. The van der Waals surface area contributed by atoms with Crippen LogP contribution in [0.15, 0.2) is 140 Å². The van der Waals surface area contributed by atoms with Crippen molar-refractivity contribution in [3.63, 3.8) is 0 Å². The molecule has 3 aromatic heterocycles. The summed E-state index contributed by atoms with van der Waals surface area (Å²) in [7, 11) is 0. The normalized spacial score (nSPS) is 12.2. The maximum atomic E-state index is 6.48. The zero-order valence-electron chi connectivity index (χ0n) is 26.8. The van der Waals surface area contributed by atoms with Crippen LogP contribution in [0.25, 0.3) is 39.0 Å². The summed E-state index contributed by atoms with van der Waals surface area (Å²) < 4.78 is 10.7. The Bertz CT molecular complexity index is 2460. The fourth-order valence-corrected chi connectivity index (χ4v) is 6.74. The molecular weight excluding hydrogens is 786 g/mol. The second-order valence-corrected chi connectivity index (χ2v) is 12.5. The van der Waals surface area contributed by atoms with E-state index in [1.165, 1.54) is 11.1 Å². The first-order chi connectivity index (χ1) is 23.5. The molecule has 1 aliphatic heterocycles. The average molecular weight is 816 g/mol. The molecule has 0 N–H and O–H groups in total. The van der Waals surface area contributed by atoms with E-state index in [2.05, 4.69) is 125 Å². The summed E-state index contributed by atoms with van der Waals surface area (Å²) in [5.41, 5.74) is 7.14. The predicted molar refractivity (Wildman–Crippen MR) is 191 cm³/mol. The van der Waals surface area contributed by atoms with E-state index in [1.54, 1.807) is 0 Å². The first-order valence-electron chi connectivity index (χ1n) is 16.0. The van der Waals surface area contributed by atoms with Gasteiger partial charge in [-0.05, 0) is 59.2 Å². The molecule has 0 spiro atoms. The maximum absolute atomic E-state index is 6.48. The van der Waals surface area contributed by atoms with Crippen LogP contribution in [0.5, 0.6) is 11.5 Å². The van der Waals surface area contributed by atoms with E-state index in [0.29, 0.717) is 11.5 Å². The standard InChI is InChI=1S/C42H30N5O.Pt/c1-42(2,29-11-4-3-5-12-29)30-21-22-43-40(25-30)47-38-18-9-6-15-34(38)35-20-19-33(27-39(35)47)48-32-14-10-13-31(26-32)46-28-45-24-23-44-41(45)36-16-7-8-17-37(36)46;/h3-25,28H,1-2H3;/q-3;. The van der Waals surface area contributed by atoms with Crippen LogP contribution in [0.4, 0.5) is 11.4 Å². The Balaban J connectivity index is 0.00000348. The predicted octanol–water partition coefficient (Wildman–Crippen LogP) is 9.88. The van der Waals surface area contributed by atoms with E-state index in [1.807, 2.05) is 66.2 Å². The molecule has 0 amide bonds. The van der Waals surface area contributed by atoms with Crippen LogP contribution in [0.1, 0.15) is 25.0 Å². The summed E-state index contributed by atoms with van der Waals surface area (Å²) in [4.78, 5) is 11.5. The van der Waals surface area contributed by atoms with Crippen LogP contribution in [-0.2, 0) is 26.5 Å². The van der Waals surface area contributed by atoms with Gasteiger partial charge >= 0.3 is 0 Å². The van der Waals surface area contributed by atoms with Crippen molar-refractivity contribution in [3.05, 3.63) is 170 Å². The molecule has 6 nitrogen and oxygen atoms in total. The van der Waals surface area contributed by atoms with E-state index in [-0.39, 0.29) is 26.5 Å². The fourth-order valence-electron chi connectivity index (χ4n) is 6.74. The van der Waals surface area contributed by atoms with Gasteiger partial charge in [-0.15, -0.1) is 35.7 Å². The molecule has 0 saturated carbocycles. The molecule has 0 radical (unpaired) electrons. The zero-order chi connectivity index (χ0) is 32.2. The molecule has 0 bridgehead atoms. The van der Waals surface area contributed by atoms with Gasteiger partial charge in [0.2, 0.25) is 0 Å². The second kappa shape index (κ2) is 12.1. The van der Waals surface area contributed by atoms with E-state index in [0.717, 1.165) is 50.4 Å². The molecule has 0 fully saturated rings. The first-order valence-corrected chi connectivity index (χ1v) is 16.0. The van der Waals surface area contributed by atoms with Crippen molar-refractivity contribution in [1.29, 1.82) is 0 Å². The molecule has 9 rings (SSSR count). The van der Waals surface area contributed by atoms with E-state index in [9.17, 15) is 0 Å². The summed E-state index contributed by atoms with van der Waals surface area (Å²) in [6.07, 6.45) is 5.67. The van der Waals surface area contributed by atoms with Crippen LogP contribution >= 0.6 is 0 Å². The van der Waals surface area contributed by atoms with E-state index < -0.39 is 0 Å². The molecule has 0 atom stereocenters. The van der Waals surface area contributed by atoms with Crippen LogP contribution in [0.2, 0.25) is 0 Å². The number of anilines is 2. The SMILES string of the molecule is CC(C)(c1ccccc1)c1ccnc(-n2c3[c-]c(Oc4[c-]c(N5[CH-]n6ccnc6-c6ccccc65)ccc4)ccc3c3ccccc32)c1.[Pt]. The van der Waals surface area contributed by atoms with Crippen LogP contribution < -0.4 is 9.64 Å². The third kappa shape index (κ3) is 5.20. The number of pyridine rings is 1. The second-order valence-electron chi connectivity index (χ2n) is 12.5. The smallest absolute Gasteiger partial charge is 0.135 e. The minimum atomic E-state index is -0.206. The number of aromatic nitrogens is 4. The Morgan fingerprint density at radius 2 is 1.49 bits per heavy atom. The number of benzene rings is 5. The van der Waals surface area contributed by atoms with Crippen molar-refractivity contribution in [1.82, 2.24) is 19.1 Å². The third-order valence-electron chi connectivity index (χ3n) is 9.29. The number of rotatable bonds is 6. The van der Waals surface area contributed by atoms with Gasteiger partial charge in [0.25, 0.3) is 0 Å². The summed E-state index contributed by atoms with van der Waals surface area (Å²) in [5.74, 6) is 2.94. The van der Waals surface area contributed by atoms with Gasteiger partial charge in [-0.1, -0.05) is 98.0 Å². The Hall–Kier alpha value is -5.58. The van der Waals surface area contributed by atoms with Crippen molar-refractivity contribution in [2.24, 2.45) is 0 Å². The van der Waals surface area contributed by atoms with Gasteiger partial charge in [-0.2, -0.15) is 12.1 Å². The molecule has 0 unspecified atom stereocenters. The van der Waals surface area contributed by atoms with Gasteiger partial charge in [-0.3, -0.25) is 0 Å². The molecule has 1 aliphatic rings. The summed E-state index contributed by atoms with van der Waals surface area (Å²) >= 11 is 0. The van der Waals surface area contributed by atoms with Gasteiger partial charge < -0.3 is 23.8 Å². The van der Waals surface area contributed by atoms with Gasteiger partial charge in [0.1, 0.15) is 5.82 Å². The molecule has 49 heavy (non-hydrogen) atoms. The van der Waals surface area contributed by atoms with Gasteiger partial charge in [0, 0.05) is 61.2 Å². The summed E-state index contributed by atoms with van der Waals surface area (Å²) in [6.45, 7) is 6.53. The zero-order valence-corrected chi connectivity index (χ0v) is 29.1. The van der Waals surface area contributed by atoms with Crippen LogP contribution in [0.3, 0.4) is 0 Å². The first kappa shape index (κ1) is 30.7. The van der Waals surface area contributed by atoms with E-state index >= 15 is 0 Å². The molecule has 0 aliphatic carbocycles. The van der Waals surface area contributed by atoms with E-state index in [4.69, 9.17) is 9.72 Å². The Kier molecular flexibility index (Phi) is 7.61. The monoisotopic (exact) mass is 815 g/mol. The number of para-hydroxylation sites is 2. The molecule has 7 heteroatoms. The van der Waals surface area contributed by atoms with Crippen molar-refractivity contribution < 1.29 is 25.8 Å². The van der Waals surface area contributed by atoms with Gasteiger partial charge in [0.15, 0.2) is 0 Å². The topological polar surface area (TPSA) is 48.1 Å². The average Bonchev–Trinajstić information content (AvgIpc) is 3.74. The van der Waals surface area contributed by atoms with Crippen molar-refractivity contribution >= 4 is 33.2 Å². The van der Waals surface area contributed by atoms with Crippen LogP contribution in [-0.4, -0.2) is 19.1 Å². The quantitative estimate of drug-likeness (QED) is 0.157. The molecule has 0 saturated heterocycles. The van der Waals surface area contributed by atoms with Gasteiger partial charge in [-0.25, -0.2) is 4.98 Å². The summed E-state index contributed by atoms with van der Waals surface area (Å²) in [5, 5.41) is 2.22. The van der Waals surface area contributed by atoms with Gasteiger partial charge in [0.05, 0.1) is 0 Å². The number of fused-ring (bicyclic) bond motifs is 6.